The molecule has 0 aliphatic carbocycles. The first-order valence-corrected chi connectivity index (χ1v) is 6.52. The fourth-order valence-corrected chi connectivity index (χ4v) is 1.99. The minimum atomic E-state index is -0.547. The molecule has 0 saturated carbocycles. The van der Waals surface area contributed by atoms with Gasteiger partial charge in [0.05, 0.1) is 11.5 Å². The summed E-state index contributed by atoms with van der Waals surface area (Å²) >= 11 is 0. The first kappa shape index (κ1) is 15.5. The van der Waals surface area contributed by atoms with Gasteiger partial charge in [0.25, 0.3) is 11.6 Å². The van der Waals surface area contributed by atoms with E-state index in [0.29, 0.717) is 16.9 Å². The summed E-state index contributed by atoms with van der Waals surface area (Å²) in [4.78, 5) is 22.6. The van der Waals surface area contributed by atoms with E-state index in [2.05, 4.69) is 10.6 Å². The Bertz CT molecular complexity index is 716. The number of aliphatic hydroxyl groups excluding tert-OH is 1. The van der Waals surface area contributed by atoms with Crippen LogP contribution in [0.4, 0.5) is 17.1 Å². The Hall–Kier alpha value is -2.93. The van der Waals surface area contributed by atoms with E-state index in [1.165, 1.54) is 18.2 Å². The maximum absolute atomic E-state index is 12.2. The molecule has 7 nitrogen and oxygen atoms in total. The number of hydrogen-bond acceptors (Lipinski definition) is 5. The van der Waals surface area contributed by atoms with Crippen LogP contribution >= 0.6 is 0 Å². The Labute approximate surface area is 126 Å². The van der Waals surface area contributed by atoms with Crippen molar-refractivity contribution < 1.29 is 14.8 Å². The number of nitrogens with zero attached hydrogens (tertiary/aromatic N) is 1. The third kappa shape index (κ3) is 3.39. The average molecular weight is 301 g/mol. The number of nitrogens with one attached hydrogen (secondary N) is 2. The van der Waals surface area contributed by atoms with E-state index in [-0.39, 0.29) is 17.9 Å². The number of aliphatic hydroxyl groups is 1. The van der Waals surface area contributed by atoms with E-state index in [1.807, 2.05) is 0 Å². The number of carbonyl (C=O) groups excluding carboxylic acids is 1. The van der Waals surface area contributed by atoms with Crippen LogP contribution in [0.5, 0.6) is 0 Å². The van der Waals surface area contributed by atoms with Gasteiger partial charge in [0.15, 0.2) is 0 Å². The zero-order valence-corrected chi connectivity index (χ0v) is 11.9. The summed E-state index contributed by atoms with van der Waals surface area (Å²) in [7, 11) is 1.57. The second-order valence-corrected chi connectivity index (χ2v) is 4.55. The molecule has 0 saturated heterocycles. The van der Waals surface area contributed by atoms with Crippen molar-refractivity contribution in [3.05, 3.63) is 63.7 Å². The lowest BCUT2D eigenvalue weighted by Crippen LogP contribution is -2.12. The Morgan fingerprint density at radius 1 is 1.27 bits per heavy atom. The summed E-state index contributed by atoms with van der Waals surface area (Å²) in [6.45, 7) is -0.133. The van der Waals surface area contributed by atoms with Crippen LogP contribution in [0.1, 0.15) is 15.9 Å². The van der Waals surface area contributed by atoms with Crippen molar-refractivity contribution in [2.24, 2.45) is 0 Å². The van der Waals surface area contributed by atoms with Crippen LogP contribution in [0.15, 0.2) is 42.5 Å². The molecule has 0 aromatic heterocycles. The maximum Gasteiger partial charge on any atom is 0.293 e. The monoisotopic (exact) mass is 301 g/mol. The van der Waals surface area contributed by atoms with Gasteiger partial charge in [-0.05, 0) is 29.8 Å². The lowest BCUT2D eigenvalue weighted by molar-refractivity contribution is -0.384. The van der Waals surface area contributed by atoms with E-state index in [0.717, 1.165) is 0 Å². The zero-order valence-electron chi connectivity index (χ0n) is 11.9. The van der Waals surface area contributed by atoms with E-state index in [4.69, 9.17) is 5.11 Å². The summed E-state index contributed by atoms with van der Waals surface area (Å²) in [5, 5.41) is 25.4. The third-order valence-corrected chi connectivity index (χ3v) is 3.09. The second-order valence-electron chi connectivity index (χ2n) is 4.55. The fraction of sp³-hybridized carbons (Fsp3) is 0.133. The van der Waals surface area contributed by atoms with Crippen LogP contribution in [-0.4, -0.2) is 23.0 Å². The van der Waals surface area contributed by atoms with Crippen molar-refractivity contribution in [3.8, 4) is 0 Å². The van der Waals surface area contributed by atoms with Gasteiger partial charge in [-0.3, -0.25) is 14.9 Å². The van der Waals surface area contributed by atoms with Gasteiger partial charge in [0.1, 0.15) is 5.69 Å². The van der Waals surface area contributed by atoms with E-state index >= 15 is 0 Å². The summed E-state index contributed by atoms with van der Waals surface area (Å²) in [5.74, 6) is -0.458. The van der Waals surface area contributed by atoms with Crippen LogP contribution in [0.3, 0.4) is 0 Å². The smallest absolute Gasteiger partial charge is 0.293 e. The number of anilines is 2. The van der Waals surface area contributed by atoms with E-state index in [9.17, 15) is 14.9 Å². The van der Waals surface area contributed by atoms with Gasteiger partial charge < -0.3 is 15.7 Å². The molecule has 0 radical (unpaired) electrons. The van der Waals surface area contributed by atoms with Crippen molar-refractivity contribution in [3.63, 3.8) is 0 Å². The molecule has 2 aromatic carbocycles. The largest absolute Gasteiger partial charge is 0.392 e. The number of nitro groups is 1. The van der Waals surface area contributed by atoms with E-state index in [1.54, 1.807) is 31.3 Å². The lowest BCUT2D eigenvalue weighted by atomic mass is 10.1. The topological polar surface area (TPSA) is 104 Å². The number of rotatable bonds is 5. The molecule has 0 bridgehead atoms. The van der Waals surface area contributed by atoms with Crippen LogP contribution in [0.25, 0.3) is 0 Å². The summed E-state index contributed by atoms with van der Waals surface area (Å²) in [6, 6.07) is 10.9. The van der Waals surface area contributed by atoms with Gasteiger partial charge in [0, 0.05) is 24.4 Å². The SMILES string of the molecule is CNc1ccc(C(=O)Nc2cccc(CO)c2)cc1[N+](=O)[O-]. The molecule has 0 atom stereocenters. The number of carbonyl (C=O) groups is 1. The summed E-state index contributed by atoms with van der Waals surface area (Å²) in [6.07, 6.45) is 0. The number of amides is 1. The fourth-order valence-electron chi connectivity index (χ4n) is 1.99. The van der Waals surface area contributed by atoms with Crippen molar-refractivity contribution in [2.45, 2.75) is 6.61 Å². The van der Waals surface area contributed by atoms with Crippen LogP contribution in [0, 0.1) is 10.1 Å². The van der Waals surface area contributed by atoms with Gasteiger partial charge in [0.2, 0.25) is 0 Å². The molecule has 7 heteroatoms. The van der Waals surface area contributed by atoms with Crippen LogP contribution in [-0.2, 0) is 6.61 Å². The van der Waals surface area contributed by atoms with Gasteiger partial charge >= 0.3 is 0 Å². The predicted molar refractivity (Wildman–Crippen MR) is 83.0 cm³/mol. The minimum absolute atomic E-state index is 0.133. The lowest BCUT2D eigenvalue weighted by Gasteiger charge is -2.08. The summed E-state index contributed by atoms with van der Waals surface area (Å²) in [5.41, 5.74) is 1.52. The van der Waals surface area contributed by atoms with Gasteiger partial charge in [-0.25, -0.2) is 0 Å². The number of benzene rings is 2. The molecule has 0 aliphatic rings. The van der Waals surface area contributed by atoms with Crippen LogP contribution < -0.4 is 10.6 Å². The molecule has 0 fully saturated rings. The highest BCUT2D eigenvalue weighted by Crippen LogP contribution is 2.25. The molecule has 0 aliphatic heterocycles. The molecular weight excluding hydrogens is 286 g/mol. The standard InChI is InChI=1S/C15H15N3O4/c1-16-13-6-5-11(8-14(13)18(21)22)15(20)17-12-4-2-3-10(7-12)9-19/h2-8,16,19H,9H2,1H3,(H,17,20). The molecule has 22 heavy (non-hydrogen) atoms. The zero-order chi connectivity index (χ0) is 16.1. The van der Waals surface area contributed by atoms with Crippen molar-refractivity contribution in [2.75, 3.05) is 17.7 Å². The molecule has 1 amide bonds. The Balaban J connectivity index is 2.25. The molecule has 114 valence electrons. The number of hydrogen-bond donors (Lipinski definition) is 3. The van der Waals surface area contributed by atoms with E-state index < -0.39 is 10.8 Å². The van der Waals surface area contributed by atoms with Gasteiger partial charge in [-0.1, -0.05) is 12.1 Å². The van der Waals surface area contributed by atoms with Crippen molar-refractivity contribution >= 4 is 23.0 Å². The third-order valence-electron chi connectivity index (χ3n) is 3.09. The van der Waals surface area contributed by atoms with Gasteiger partial charge in [-0.15, -0.1) is 0 Å². The highest BCUT2D eigenvalue weighted by Gasteiger charge is 2.16. The molecule has 3 N–H and O–H groups in total. The van der Waals surface area contributed by atoms with Crippen molar-refractivity contribution in [1.82, 2.24) is 0 Å². The molecular formula is C15H15N3O4. The van der Waals surface area contributed by atoms with Crippen molar-refractivity contribution in [1.29, 1.82) is 0 Å². The average Bonchev–Trinajstić information content (AvgIpc) is 2.54. The van der Waals surface area contributed by atoms with Gasteiger partial charge in [-0.2, -0.15) is 0 Å². The molecule has 0 unspecified atom stereocenters. The Morgan fingerprint density at radius 3 is 2.68 bits per heavy atom. The molecule has 0 spiro atoms. The number of nitro benzene ring substituents is 1. The second kappa shape index (κ2) is 6.68. The first-order valence-electron chi connectivity index (χ1n) is 6.52. The quantitative estimate of drug-likeness (QED) is 0.581. The molecule has 2 rings (SSSR count). The normalized spacial score (nSPS) is 10.1. The molecule has 2 aromatic rings. The summed E-state index contributed by atoms with van der Waals surface area (Å²) < 4.78 is 0. The predicted octanol–water partition coefficient (Wildman–Crippen LogP) is 2.38. The Kier molecular flexibility index (Phi) is 4.70. The molecule has 0 heterocycles. The maximum atomic E-state index is 12.2. The highest BCUT2D eigenvalue weighted by atomic mass is 16.6. The minimum Gasteiger partial charge on any atom is -0.392 e. The first-order chi connectivity index (χ1) is 10.5. The highest BCUT2D eigenvalue weighted by molar-refractivity contribution is 6.05. The van der Waals surface area contributed by atoms with Crippen LogP contribution in [0.2, 0.25) is 0 Å². The Morgan fingerprint density at radius 2 is 2.05 bits per heavy atom.